The molecule has 0 spiro atoms. The molecule has 1 aromatic heterocycles. The van der Waals surface area contributed by atoms with E-state index in [1.54, 1.807) is 0 Å². The second-order valence-corrected chi connectivity index (χ2v) is 6.86. The van der Waals surface area contributed by atoms with Crippen LogP contribution in [0.4, 0.5) is 0 Å². The van der Waals surface area contributed by atoms with Gasteiger partial charge in [-0.1, -0.05) is 42.0 Å². The molecular weight excluding hydrogens is 352 g/mol. The van der Waals surface area contributed by atoms with E-state index in [1.165, 1.54) is 22.5 Å². The van der Waals surface area contributed by atoms with E-state index in [-0.39, 0.29) is 6.42 Å². The zero-order valence-electron chi connectivity index (χ0n) is 16.2. The van der Waals surface area contributed by atoms with Crippen molar-refractivity contribution in [3.8, 4) is 17.0 Å². The Morgan fingerprint density at radius 2 is 1.68 bits per heavy atom. The highest BCUT2D eigenvalue weighted by molar-refractivity contribution is 5.76. The van der Waals surface area contributed by atoms with Crippen molar-refractivity contribution in [1.29, 1.82) is 0 Å². The van der Waals surface area contributed by atoms with Gasteiger partial charge in [0.2, 0.25) is 0 Å². The van der Waals surface area contributed by atoms with Crippen molar-refractivity contribution in [2.24, 2.45) is 5.18 Å². The van der Waals surface area contributed by atoms with Gasteiger partial charge in [0, 0.05) is 23.0 Å². The predicted molar refractivity (Wildman–Crippen MR) is 110 cm³/mol. The summed E-state index contributed by atoms with van der Waals surface area (Å²) in [6.45, 7) is 5.50. The standard InChI is InChI=1S/C23H24N2O3/c1-17-3-9-20(10-4-17)22-13-5-18(2)25(22)15-16-28-21-11-6-19(7-12-21)8-14-23(26)24-27/h3-7,9-13H,8,14-16H2,1-2H3. The molecule has 0 saturated carbocycles. The maximum absolute atomic E-state index is 11.0. The number of benzene rings is 2. The Hall–Kier alpha value is -3.21. The van der Waals surface area contributed by atoms with Gasteiger partial charge in [-0.2, -0.15) is 0 Å². The van der Waals surface area contributed by atoms with Gasteiger partial charge in [0.1, 0.15) is 12.4 Å². The summed E-state index contributed by atoms with van der Waals surface area (Å²) in [5.41, 5.74) is 5.81. The predicted octanol–water partition coefficient (Wildman–Crippen LogP) is 5.08. The lowest BCUT2D eigenvalue weighted by atomic mass is 10.1. The average Bonchev–Trinajstić information content (AvgIpc) is 3.08. The van der Waals surface area contributed by atoms with Gasteiger partial charge < -0.3 is 9.30 Å². The number of hydrogen-bond acceptors (Lipinski definition) is 3. The highest BCUT2D eigenvalue weighted by atomic mass is 16.5. The second kappa shape index (κ2) is 9.13. The Morgan fingerprint density at radius 1 is 0.964 bits per heavy atom. The molecule has 0 aliphatic heterocycles. The number of amides is 1. The first-order chi connectivity index (χ1) is 13.6. The minimum absolute atomic E-state index is 0.137. The Labute approximate surface area is 164 Å². The quantitative estimate of drug-likeness (QED) is 0.515. The van der Waals surface area contributed by atoms with Gasteiger partial charge in [0.05, 0.1) is 6.54 Å². The number of hydrogen-bond donors (Lipinski definition) is 0. The average molecular weight is 376 g/mol. The molecule has 0 radical (unpaired) electrons. The Balaban J connectivity index is 1.58. The number of carbonyl (C=O) groups excluding carboxylic acids is 1. The monoisotopic (exact) mass is 376 g/mol. The fourth-order valence-electron chi connectivity index (χ4n) is 3.15. The molecule has 144 valence electrons. The van der Waals surface area contributed by atoms with Crippen LogP contribution in [0.15, 0.2) is 65.8 Å². The molecule has 0 fully saturated rings. The van der Waals surface area contributed by atoms with Gasteiger partial charge in [0.15, 0.2) is 0 Å². The van der Waals surface area contributed by atoms with Crippen LogP contribution >= 0.6 is 0 Å². The molecule has 1 heterocycles. The lowest BCUT2D eigenvalue weighted by molar-refractivity contribution is -0.117. The molecule has 0 aliphatic rings. The second-order valence-electron chi connectivity index (χ2n) is 6.86. The molecule has 5 nitrogen and oxygen atoms in total. The van der Waals surface area contributed by atoms with Crippen molar-refractivity contribution in [2.75, 3.05) is 6.61 Å². The van der Waals surface area contributed by atoms with Gasteiger partial charge >= 0.3 is 0 Å². The van der Waals surface area contributed by atoms with Gasteiger partial charge in [0.25, 0.3) is 5.91 Å². The molecule has 2 aromatic carbocycles. The van der Waals surface area contributed by atoms with Crippen molar-refractivity contribution in [3.05, 3.63) is 82.4 Å². The van der Waals surface area contributed by atoms with E-state index in [9.17, 15) is 9.70 Å². The minimum Gasteiger partial charge on any atom is -0.492 e. The molecule has 3 rings (SSSR count). The Morgan fingerprint density at radius 3 is 2.36 bits per heavy atom. The van der Waals surface area contributed by atoms with Gasteiger partial charge in [-0.25, -0.2) is 0 Å². The minimum atomic E-state index is -0.619. The van der Waals surface area contributed by atoms with E-state index >= 15 is 0 Å². The molecule has 3 aromatic rings. The summed E-state index contributed by atoms with van der Waals surface area (Å²) in [5.74, 6) is 0.164. The van der Waals surface area contributed by atoms with Gasteiger partial charge in [-0.05, 0) is 55.7 Å². The fraction of sp³-hybridized carbons (Fsp3) is 0.261. The summed E-state index contributed by atoms with van der Waals surface area (Å²) in [6, 6.07) is 20.4. The molecule has 0 saturated heterocycles. The van der Waals surface area contributed by atoms with E-state index in [0.29, 0.717) is 13.0 Å². The molecule has 0 N–H and O–H groups in total. The number of nitroso groups, excluding NO2 is 1. The number of aryl methyl sites for hydroxylation is 3. The summed E-state index contributed by atoms with van der Waals surface area (Å²) in [7, 11) is 0. The molecule has 0 aliphatic carbocycles. The molecule has 0 unspecified atom stereocenters. The maximum atomic E-state index is 11.0. The van der Waals surface area contributed by atoms with Gasteiger partial charge in [-0.15, -0.1) is 4.91 Å². The van der Waals surface area contributed by atoms with Crippen LogP contribution in [0.2, 0.25) is 0 Å². The van der Waals surface area contributed by atoms with E-state index in [2.05, 4.69) is 60.0 Å². The molecule has 0 bridgehead atoms. The van der Waals surface area contributed by atoms with Crippen molar-refractivity contribution >= 4 is 5.91 Å². The van der Waals surface area contributed by atoms with Gasteiger partial charge in [-0.3, -0.25) is 4.79 Å². The highest BCUT2D eigenvalue weighted by Gasteiger charge is 2.08. The molecule has 1 amide bonds. The third-order valence-corrected chi connectivity index (χ3v) is 4.78. The number of ether oxygens (including phenoxy) is 1. The molecule has 0 atom stereocenters. The van der Waals surface area contributed by atoms with Crippen LogP contribution in [0.25, 0.3) is 11.3 Å². The van der Waals surface area contributed by atoms with Crippen molar-refractivity contribution < 1.29 is 9.53 Å². The number of carbonyl (C=O) groups is 1. The largest absolute Gasteiger partial charge is 0.492 e. The van der Waals surface area contributed by atoms with Crippen LogP contribution in [-0.4, -0.2) is 17.1 Å². The van der Waals surface area contributed by atoms with Crippen molar-refractivity contribution in [1.82, 2.24) is 4.57 Å². The van der Waals surface area contributed by atoms with E-state index in [1.807, 2.05) is 24.3 Å². The molecule has 28 heavy (non-hydrogen) atoms. The van der Waals surface area contributed by atoms with Crippen molar-refractivity contribution in [2.45, 2.75) is 33.2 Å². The summed E-state index contributed by atoms with van der Waals surface area (Å²) >= 11 is 0. The SMILES string of the molecule is Cc1ccc(-c2ccc(C)n2CCOc2ccc(CCC(=O)N=O)cc2)cc1. The summed E-state index contributed by atoms with van der Waals surface area (Å²) in [5, 5.41) is 2.41. The third kappa shape index (κ3) is 4.94. The normalized spacial score (nSPS) is 10.6. The summed E-state index contributed by atoms with van der Waals surface area (Å²) in [6.07, 6.45) is 0.645. The summed E-state index contributed by atoms with van der Waals surface area (Å²) in [4.78, 5) is 21.1. The fourth-order valence-corrected chi connectivity index (χ4v) is 3.15. The number of rotatable bonds is 8. The highest BCUT2D eigenvalue weighted by Crippen LogP contribution is 2.23. The Bertz CT molecular complexity index is 941. The van der Waals surface area contributed by atoms with E-state index in [0.717, 1.165) is 17.9 Å². The van der Waals surface area contributed by atoms with Crippen LogP contribution < -0.4 is 4.74 Å². The van der Waals surface area contributed by atoms with Crippen LogP contribution in [0, 0.1) is 18.8 Å². The van der Waals surface area contributed by atoms with Crippen LogP contribution in [0.5, 0.6) is 5.75 Å². The maximum Gasteiger partial charge on any atom is 0.286 e. The van der Waals surface area contributed by atoms with Crippen LogP contribution in [0.1, 0.15) is 23.2 Å². The van der Waals surface area contributed by atoms with Crippen molar-refractivity contribution in [3.63, 3.8) is 0 Å². The van der Waals surface area contributed by atoms with Crippen LogP contribution in [-0.2, 0) is 17.8 Å². The third-order valence-electron chi connectivity index (χ3n) is 4.78. The number of nitrogens with zero attached hydrogens (tertiary/aromatic N) is 2. The zero-order chi connectivity index (χ0) is 19.9. The first kappa shape index (κ1) is 19.5. The first-order valence-electron chi connectivity index (χ1n) is 9.38. The smallest absolute Gasteiger partial charge is 0.286 e. The van der Waals surface area contributed by atoms with E-state index in [4.69, 9.17) is 4.74 Å². The first-order valence-corrected chi connectivity index (χ1v) is 9.38. The summed E-state index contributed by atoms with van der Waals surface area (Å²) < 4.78 is 8.15. The van der Waals surface area contributed by atoms with E-state index < -0.39 is 5.91 Å². The Kier molecular flexibility index (Phi) is 6.37. The molecular formula is C23H24N2O3. The lowest BCUT2D eigenvalue weighted by Crippen LogP contribution is -2.10. The zero-order valence-corrected chi connectivity index (χ0v) is 16.2. The molecule has 5 heteroatoms. The lowest BCUT2D eigenvalue weighted by Gasteiger charge is -2.13. The number of aromatic nitrogens is 1. The van der Waals surface area contributed by atoms with Crippen LogP contribution in [0.3, 0.4) is 0 Å². The topological polar surface area (TPSA) is 60.7 Å².